The Labute approximate surface area is 198 Å². The Morgan fingerprint density at radius 1 is 0.676 bits per heavy atom. The second kappa shape index (κ2) is 10.5. The van der Waals surface area contributed by atoms with Crippen molar-refractivity contribution < 1.29 is 17.9 Å². The zero-order chi connectivity index (χ0) is 24.1. The molecule has 0 N–H and O–H groups in total. The van der Waals surface area contributed by atoms with E-state index in [1.165, 1.54) is 6.07 Å². The number of benzene rings is 4. The SMILES string of the molecule is CCOCc1ccc(/C=C/c2ccc(-c3ccc(-c4ccc(C)cc4)c(F)c3F)cc2)cc1F. The van der Waals surface area contributed by atoms with Crippen LogP contribution >= 0.6 is 0 Å². The monoisotopic (exact) mass is 458 g/mol. The van der Waals surface area contributed by atoms with Crippen molar-refractivity contribution >= 4 is 12.2 Å². The molecule has 0 atom stereocenters. The van der Waals surface area contributed by atoms with Crippen LogP contribution in [0.5, 0.6) is 0 Å². The molecule has 1 nitrogen and oxygen atoms in total. The summed E-state index contributed by atoms with van der Waals surface area (Å²) in [4.78, 5) is 0. The number of rotatable bonds is 7. The molecule has 0 heterocycles. The molecular weight excluding hydrogens is 433 g/mol. The predicted octanol–water partition coefficient (Wildman–Crippen LogP) is 8.45. The lowest BCUT2D eigenvalue weighted by atomic mass is 9.97. The molecule has 0 bridgehead atoms. The standard InChI is InChI=1S/C30H25F3O/c1-3-34-19-25-15-10-22(18-28(25)31)7-6-21-8-13-24(14-9-21)27-17-16-26(29(32)30(27)33)23-11-4-20(2)5-12-23/h4-18H,3,19H2,1-2H3/b7-6+. The molecule has 0 spiro atoms. The van der Waals surface area contributed by atoms with Crippen molar-refractivity contribution in [2.45, 2.75) is 20.5 Å². The van der Waals surface area contributed by atoms with Gasteiger partial charge >= 0.3 is 0 Å². The average Bonchev–Trinajstić information content (AvgIpc) is 2.85. The minimum Gasteiger partial charge on any atom is -0.377 e. The van der Waals surface area contributed by atoms with E-state index in [0.717, 1.165) is 16.7 Å². The van der Waals surface area contributed by atoms with Gasteiger partial charge in [0.25, 0.3) is 0 Å². The number of hydrogen-bond donors (Lipinski definition) is 0. The molecule has 0 saturated heterocycles. The fourth-order valence-electron chi connectivity index (χ4n) is 3.69. The van der Waals surface area contributed by atoms with Crippen LogP contribution in [-0.4, -0.2) is 6.61 Å². The van der Waals surface area contributed by atoms with Crippen LogP contribution in [0.1, 0.15) is 29.2 Å². The van der Waals surface area contributed by atoms with Crippen molar-refractivity contribution in [2.24, 2.45) is 0 Å². The maximum absolute atomic E-state index is 14.9. The summed E-state index contributed by atoms with van der Waals surface area (Å²) in [6, 6.07) is 22.7. The number of ether oxygens (including phenoxy) is 1. The molecule has 4 aromatic carbocycles. The van der Waals surface area contributed by atoms with E-state index in [1.807, 2.05) is 50.3 Å². The summed E-state index contributed by atoms with van der Waals surface area (Å²) in [7, 11) is 0. The Morgan fingerprint density at radius 2 is 1.21 bits per heavy atom. The molecule has 0 aliphatic carbocycles. The van der Waals surface area contributed by atoms with Gasteiger partial charge < -0.3 is 4.74 Å². The number of hydrogen-bond acceptors (Lipinski definition) is 1. The zero-order valence-electron chi connectivity index (χ0n) is 19.1. The fourth-order valence-corrected chi connectivity index (χ4v) is 3.69. The van der Waals surface area contributed by atoms with Gasteiger partial charge in [0.15, 0.2) is 11.6 Å². The van der Waals surface area contributed by atoms with Crippen LogP contribution in [0.2, 0.25) is 0 Å². The Hall–Kier alpha value is -3.63. The molecule has 172 valence electrons. The average molecular weight is 459 g/mol. The second-order valence-corrected chi connectivity index (χ2v) is 8.10. The second-order valence-electron chi connectivity index (χ2n) is 8.10. The quantitative estimate of drug-likeness (QED) is 0.252. The third-order valence-electron chi connectivity index (χ3n) is 5.67. The van der Waals surface area contributed by atoms with Gasteiger partial charge in [-0.15, -0.1) is 0 Å². The van der Waals surface area contributed by atoms with Crippen molar-refractivity contribution in [1.82, 2.24) is 0 Å². The van der Waals surface area contributed by atoms with E-state index >= 15 is 0 Å². The van der Waals surface area contributed by atoms with Crippen LogP contribution in [0.15, 0.2) is 78.9 Å². The van der Waals surface area contributed by atoms with Gasteiger partial charge in [0.2, 0.25) is 0 Å². The summed E-state index contributed by atoms with van der Waals surface area (Å²) in [5.41, 5.74) is 4.81. The van der Waals surface area contributed by atoms with Gasteiger partial charge in [-0.05, 0) is 42.2 Å². The molecule has 4 rings (SSSR count). The van der Waals surface area contributed by atoms with Crippen LogP contribution in [0, 0.1) is 24.4 Å². The summed E-state index contributed by atoms with van der Waals surface area (Å²) in [6.07, 6.45) is 3.65. The van der Waals surface area contributed by atoms with Gasteiger partial charge in [-0.25, -0.2) is 13.2 Å². The minimum absolute atomic E-state index is 0.204. The molecule has 0 aliphatic rings. The molecule has 0 unspecified atom stereocenters. The Kier molecular flexibility index (Phi) is 7.29. The van der Waals surface area contributed by atoms with Gasteiger partial charge in [0, 0.05) is 23.3 Å². The summed E-state index contributed by atoms with van der Waals surface area (Å²) < 4.78 is 49.2. The lowest BCUT2D eigenvalue weighted by Crippen LogP contribution is -1.95. The first kappa shape index (κ1) is 23.5. The normalized spacial score (nSPS) is 11.3. The summed E-state index contributed by atoms with van der Waals surface area (Å²) in [5.74, 6) is -2.04. The Balaban J connectivity index is 1.52. The van der Waals surface area contributed by atoms with Gasteiger partial charge in [-0.2, -0.15) is 0 Å². The van der Waals surface area contributed by atoms with Crippen LogP contribution in [-0.2, 0) is 11.3 Å². The topological polar surface area (TPSA) is 9.23 Å². The molecule has 0 radical (unpaired) electrons. The molecular formula is C30H25F3O. The first-order valence-electron chi connectivity index (χ1n) is 11.2. The van der Waals surface area contributed by atoms with Crippen molar-refractivity contribution in [3.05, 3.63) is 119 Å². The van der Waals surface area contributed by atoms with Crippen LogP contribution in [0.25, 0.3) is 34.4 Å². The van der Waals surface area contributed by atoms with Crippen LogP contribution in [0.3, 0.4) is 0 Å². The van der Waals surface area contributed by atoms with Crippen LogP contribution < -0.4 is 0 Å². The maximum atomic E-state index is 14.9. The molecule has 0 aliphatic heterocycles. The van der Waals surface area contributed by atoms with Crippen molar-refractivity contribution in [2.75, 3.05) is 6.61 Å². The highest BCUT2D eigenvalue weighted by molar-refractivity contribution is 5.74. The van der Waals surface area contributed by atoms with Gasteiger partial charge in [-0.1, -0.05) is 90.5 Å². The molecule has 0 aromatic heterocycles. The first-order valence-corrected chi connectivity index (χ1v) is 11.2. The van der Waals surface area contributed by atoms with Crippen LogP contribution in [0.4, 0.5) is 13.2 Å². The summed E-state index contributed by atoms with van der Waals surface area (Å²) in [6.45, 7) is 4.59. The minimum atomic E-state index is -0.871. The molecule has 0 fully saturated rings. The van der Waals surface area contributed by atoms with E-state index in [9.17, 15) is 13.2 Å². The number of aryl methyl sites for hydroxylation is 1. The largest absolute Gasteiger partial charge is 0.377 e. The van der Waals surface area contributed by atoms with E-state index < -0.39 is 11.6 Å². The van der Waals surface area contributed by atoms with E-state index in [0.29, 0.717) is 23.3 Å². The highest BCUT2D eigenvalue weighted by atomic mass is 19.2. The lowest BCUT2D eigenvalue weighted by Gasteiger charge is -2.10. The molecule has 4 aromatic rings. The van der Waals surface area contributed by atoms with E-state index in [-0.39, 0.29) is 23.6 Å². The zero-order valence-corrected chi connectivity index (χ0v) is 19.1. The fraction of sp³-hybridized carbons (Fsp3) is 0.133. The van der Waals surface area contributed by atoms with Gasteiger partial charge in [-0.3, -0.25) is 0 Å². The van der Waals surface area contributed by atoms with Gasteiger partial charge in [0.05, 0.1) is 6.61 Å². The third kappa shape index (κ3) is 5.29. The molecule has 0 amide bonds. The lowest BCUT2D eigenvalue weighted by molar-refractivity contribution is 0.131. The smallest absolute Gasteiger partial charge is 0.167 e. The summed E-state index contributed by atoms with van der Waals surface area (Å²) in [5, 5.41) is 0. The Morgan fingerprint density at radius 3 is 1.76 bits per heavy atom. The molecule has 34 heavy (non-hydrogen) atoms. The Bertz CT molecular complexity index is 1310. The van der Waals surface area contributed by atoms with E-state index in [2.05, 4.69) is 0 Å². The van der Waals surface area contributed by atoms with E-state index in [4.69, 9.17) is 4.74 Å². The predicted molar refractivity (Wildman–Crippen MR) is 133 cm³/mol. The highest BCUT2D eigenvalue weighted by Gasteiger charge is 2.15. The van der Waals surface area contributed by atoms with E-state index in [1.54, 1.807) is 48.5 Å². The summed E-state index contributed by atoms with van der Waals surface area (Å²) >= 11 is 0. The molecule has 4 heteroatoms. The third-order valence-corrected chi connectivity index (χ3v) is 5.67. The molecule has 0 saturated carbocycles. The first-order chi connectivity index (χ1) is 16.5. The number of halogens is 3. The highest BCUT2D eigenvalue weighted by Crippen LogP contribution is 2.32. The van der Waals surface area contributed by atoms with Gasteiger partial charge in [0.1, 0.15) is 5.82 Å². The maximum Gasteiger partial charge on any atom is 0.167 e. The van der Waals surface area contributed by atoms with Crippen molar-refractivity contribution in [3.63, 3.8) is 0 Å². The van der Waals surface area contributed by atoms with Crippen molar-refractivity contribution in [3.8, 4) is 22.3 Å². The van der Waals surface area contributed by atoms with Crippen molar-refractivity contribution in [1.29, 1.82) is 0 Å².